The molecule has 3 heterocycles. The van der Waals surface area contributed by atoms with E-state index >= 15 is 0 Å². The van der Waals surface area contributed by atoms with Gasteiger partial charge in [0.15, 0.2) is 0 Å². The Labute approximate surface area is 187 Å². The number of thiophene rings is 1. The summed E-state index contributed by atoms with van der Waals surface area (Å²) in [4.78, 5) is 24.3. The highest BCUT2D eigenvalue weighted by Crippen LogP contribution is 2.34. The van der Waals surface area contributed by atoms with Crippen molar-refractivity contribution in [3.8, 4) is 0 Å². The molecule has 0 radical (unpaired) electrons. The first-order valence-electron chi connectivity index (χ1n) is 10.0. The van der Waals surface area contributed by atoms with E-state index in [9.17, 15) is 17.6 Å². The molecule has 0 unspecified atom stereocenters. The maximum absolute atomic E-state index is 13.4. The number of halogens is 2. The van der Waals surface area contributed by atoms with E-state index in [1.54, 1.807) is 11.3 Å². The molecule has 1 aliphatic heterocycles. The van der Waals surface area contributed by atoms with Crippen molar-refractivity contribution in [1.29, 1.82) is 0 Å². The summed E-state index contributed by atoms with van der Waals surface area (Å²) in [5, 5.41) is 0.514. The monoisotopic (exact) mass is 482 g/mol. The topological polar surface area (TPSA) is 86.4 Å². The number of sulfonamides is 1. The van der Waals surface area contributed by atoms with Crippen molar-refractivity contribution in [3.63, 3.8) is 0 Å². The molecule has 0 bridgehead atoms. The Morgan fingerprint density at radius 3 is 2.71 bits per heavy atom. The molecule has 1 fully saturated rings. The molecule has 1 N–H and O–H groups in total. The van der Waals surface area contributed by atoms with E-state index in [4.69, 9.17) is 11.6 Å². The average molecular weight is 483 g/mol. The van der Waals surface area contributed by atoms with Gasteiger partial charge < -0.3 is 4.98 Å². The predicted octanol–water partition coefficient (Wildman–Crippen LogP) is 2.77. The third-order valence-electron chi connectivity index (χ3n) is 5.86. The molecule has 0 spiro atoms. The van der Waals surface area contributed by atoms with Crippen LogP contribution in [0.5, 0.6) is 0 Å². The van der Waals surface area contributed by atoms with E-state index in [-0.39, 0.29) is 28.6 Å². The molecule has 31 heavy (non-hydrogen) atoms. The SMILES string of the molecule is O=c1[nH]c(CN2CCN(S(=O)(=O)c3ccc(F)c(Cl)c3)CC2)nc2sc3c(c12)CCC3. The van der Waals surface area contributed by atoms with Gasteiger partial charge in [-0.2, -0.15) is 4.31 Å². The van der Waals surface area contributed by atoms with Crippen LogP contribution < -0.4 is 5.56 Å². The molecule has 0 saturated carbocycles. The van der Waals surface area contributed by atoms with Gasteiger partial charge in [-0.05, 0) is 43.0 Å². The van der Waals surface area contributed by atoms with Crippen molar-refractivity contribution >= 4 is 43.2 Å². The van der Waals surface area contributed by atoms with Crippen LogP contribution in [0.15, 0.2) is 27.9 Å². The van der Waals surface area contributed by atoms with Crippen LogP contribution in [-0.4, -0.2) is 53.8 Å². The van der Waals surface area contributed by atoms with Crippen LogP contribution in [-0.2, 0) is 29.4 Å². The number of aromatic amines is 1. The molecule has 5 rings (SSSR count). The number of piperazine rings is 1. The van der Waals surface area contributed by atoms with Gasteiger partial charge in [-0.1, -0.05) is 11.6 Å². The van der Waals surface area contributed by atoms with E-state index in [2.05, 4.69) is 14.9 Å². The minimum atomic E-state index is -3.75. The van der Waals surface area contributed by atoms with Crippen molar-refractivity contribution in [3.05, 3.63) is 55.7 Å². The number of hydrogen-bond donors (Lipinski definition) is 1. The van der Waals surface area contributed by atoms with Crippen LogP contribution in [0.25, 0.3) is 10.2 Å². The van der Waals surface area contributed by atoms with Crippen molar-refractivity contribution in [2.75, 3.05) is 26.2 Å². The van der Waals surface area contributed by atoms with Crippen molar-refractivity contribution in [1.82, 2.24) is 19.2 Å². The molecule has 11 heteroatoms. The quantitative estimate of drug-likeness (QED) is 0.618. The molecular weight excluding hydrogens is 463 g/mol. The van der Waals surface area contributed by atoms with Crippen LogP contribution in [0, 0.1) is 5.82 Å². The lowest BCUT2D eigenvalue weighted by Gasteiger charge is -2.33. The molecule has 7 nitrogen and oxygen atoms in total. The van der Waals surface area contributed by atoms with Gasteiger partial charge in [0, 0.05) is 31.1 Å². The normalized spacial score (nSPS) is 18.0. The molecule has 0 atom stereocenters. The second kappa shape index (κ2) is 7.93. The maximum Gasteiger partial charge on any atom is 0.259 e. The molecule has 2 aliphatic rings. The van der Waals surface area contributed by atoms with E-state index in [0.29, 0.717) is 25.5 Å². The Morgan fingerprint density at radius 1 is 1.19 bits per heavy atom. The lowest BCUT2D eigenvalue weighted by molar-refractivity contribution is 0.178. The number of aromatic nitrogens is 2. The van der Waals surface area contributed by atoms with E-state index < -0.39 is 15.8 Å². The van der Waals surface area contributed by atoms with Crippen LogP contribution >= 0.6 is 22.9 Å². The Morgan fingerprint density at radius 2 is 1.97 bits per heavy atom. The molecule has 0 amide bonds. The molecule has 1 aromatic carbocycles. The predicted molar refractivity (Wildman–Crippen MR) is 118 cm³/mol. The minimum absolute atomic E-state index is 0.0189. The number of nitrogens with one attached hydrogen (secondary N) is 1. The van der Waals surface area contributed by atoms with Crippen molar-refractivity contribution in [2.24, 2.45) is 0 Å². The molecule has 1 saturated heterocycles. The Bertz CT molecular complexity index is 1330. The first-order valence-corrected chi connectivity index (χ1v) is 12.7. The third-order valence-corrected chi connectivity index (χ3v) is 9.23. The van der Waals surface area contributed by atoms with E-state index in [1.165, 1.54) is 15.2 Å². The largest absolute Gasteiger partial charge is 0.309 e. The summed E-state index contributed by atoms with van der Waals surface area (Å²) in [7, 11) is -3.75. The fourth-order valence-electron chi connectivity index (χ4n) is 4.25. The minimum Gasteiger partial charge on any atom is -0.309 e. The number of fused-ring (bicyclic) bond motifs is 3. The zero-order valence-corrected chi connectivity index (χ0v) is 18.9. The van der Waals surface area contributed by atoms with Gasteiger partial charge in [0.1, 0.15) is 16.5 Å². The zero-order chi connectivity index (χ0) is 21.8. The Hall–Kier alpha value is -1.85. The van der Waals surface area contributed by atoms with Gasteiger partial charge in [-0.25, -0.2) is 17.8 Å². The summed E-state index contributed by atoms with van der Waals surface area (Å²) in [6.07, 6.45) is 3.05. The van der Waals surface area contributed by atoms with Gasteiger partial charge in [0.2, 0.25) is 10.0 Å². The lowest BCUT2D eigenvalue weighted by Crippen LogP contribution is -2.48. The molecule has 3 aromatic rings. The number of benzene rings is 1. The fourth-order valence-corrected chi connectivity index (χ4v) is 7.22. The van der Waals surface area contributed by atoms with Gasteiger partial charge >= 0.3 is 0 Å². The number of nitrogens with zero attached hydrogens (tertiary/aromatic N) is 3. The third kappa shape index (κ3) is 3.80. The maximum atomic E-state index is 13.4. The number of H-pyrrole nitrogens is 1. The smallest absolute Gasteiger partial charge is 0.259 e. The highest BCUT2D eigenvalue weighted by molar-refractivity contribution is 7.89. The molecule has 1 aliphatic carbocycles. The second-order valence-electron chi connectivity index (χ2n) is 7.81. The average Bonchev–Trinajstić information content (AvgIpc) is 3.31. The summed E-state index contributed by atoms with van der Waals surface area (Å²) in [6.45, 7) is 2.02. The molecule has 164 valence electrons. The second-order valence-corrected chi connectivity index (χ2v) is 11.2. The van der Waals surface area contributed by atoms with Crippen LogP contribution in [0.3, 0.4) is 0 Å². The molecule has 2 aromatic heterocycles. The summed E-state index contributed by atoms with van der Waals surface area (Å²) < 4.78 is 40.4. The lowest BCUT2D eigenvalue weighted by atomic mass is 10.2. The zero-order valence-electron chi connectivity index (χ0n) is 16.5. The van der Waals surface area contributed by atoms with Gasteiger partial charge in [0.05, 0.1) is 21.8 Å². The first kappa shape index (κ1) is 21.0. The summed E-state index contributed by atoms with van der Waals surface area (Å²) in [5.74, 6) is -0.0566. The van der Waals surface area contributed by atoms with Gasteiger partial charge in [0.25, 0.3) is 5.56 Å². The summed E-state index contributed by atoms with van der Waals surface area (Å²) >= 11 is 7.35. The number of aryl methyl sites for hydroxylation is 2. The van der Waals surface area contributed by atoms with E-state index in [0.717, 1.165) is 47.2 Å². The van der Waals surface area contributed by atoms with Gasteiger partial charge in [-0.15, -0.1) is 11.3 Å². The fraction of sp³-hybridized carbons (Fsp3) is 0.400. The van der Waals surface area contributed by atoms with Crippen LogP contribution in [0.1, 0.15) is 22.7 Å². The Kier molecular flexibility index (Phi) is 5.38. The van der Waals surface area contributed by atoms with Crippen LogP contribution in [0.4, 0.5) is 4.39 Å². The van der Waals surface area contributed by atoms with Crippen molar-refractivity contribution in [2.45, 2.75) is 30.7 Å². The number of hydrogen-bond acceptors (Lipinski definition) is 6. The van der Waals surface area contributed by atoms with Crippen LogP contribution in [0.2, 0.25) is 5.02 Å². The summed E-state index contributed by atoms with van der Waals surface area (Å²) in [5.41, 5.74) is 1.06. The van der Waals surface area contributed by atoms with E-state index in [1.807, 2.05) is 0 Å². The number of rotatable bonds is 4. The Balaban J connectivity index is 1.29. The molecular formula is C20H20ClFN4O3S2. The van der Waals surface area contributed by atoms with Crippen molar-refractivity contribution < 1.29 is 12.8 Å². The highest BCUT2D eigenvalue weighted by Gasteiger charge is 2.29. The summed E-state index contributed by atoms with van der Waals surface area (Å²) in [6, 6.07) is 3.43. The van der Waals surface area contributed by atoms with Gasteiger partial charge in [-0.3, -0.25) is 9.69 Å². The standard InChI is InChI=1S/C20H20ClFN4O3S2/c21-14-10-12(4-5-15(14)22)31(28,29)26-8-6-25(7-9-26)11-17-23-19(27)18-13-2-1-3-16(13)30-20(18)24-17/h4-5,10H,1-3,6-9,11H2,(H,23,24,27). The first-order chi connectivity index (χ1) is 14.8. The highest BCUT2D eigenvalue weighted by atomic mass is 35.5.